The number of aromatic nitrogens is 1. The molecule has 3 aromatic carbocycles. The molecule has 0 bridgehead atoms. The van der Waals surface area contributed by atoms with Gasteiger partial charge in [0, 0.05) is 28.7 Å². The fourth-order valence-electron chi connectivity index (χ4n) is 6.97. The first-order valence-corrected chi connectivity index (χ1v) is 13.4. The zero-order valence-corrected chi connectivity index (χ0v) is 21.9. The van der Waals surface area contributed by atoms with Gasteiger partial charge in [0.2, 0.25) is 0 Å². The number of rotatable bonds is 4. The molecule has 1 saturated carbocycles. The number of aromatic amines is 1. The van der Waals surface area contributed by atoms with Crippen molar-refractivity contribution in [2.45, 2.75) is 49.6 Å². The van der Waals surface area contributed by atoms with Crippen LogP contribution in [0.2, 0.25) is 0 Å². The van der Waals surface area contributed by atoms with E-state index in [2.05, 4.69) is 60.4 Å². The lowest BCUT2D eigenvalue weighted by Gasteiger charge is -2.55. The molecule has 1 spiro atoms. The van der Waals surface area contributed by atoms with E-state index >= 15 is 0 Å². The molecule has 1 N–H and O–H groups in total. The highest BCUT2D eigenvalue weighted by atomic mass is 19.1. The van der Waals surface area contributed by atoms with Gasteiger partial charge in [-0.05, 0) is 81.9 Å². The first kappa shape index (κ1) is 24.8. The van der Waals surface area contributed by atoms with E-state index in [0.29, 0.717) is 25.8 Å². The topological polar surface area (TPSA) is 39.3 Å². The lowest BCUT2D eigenvalue weighted by atomic mass is 9.65. The number of halogens is 2. The van der Waals surface area contributed by atoms with Gasteiger partial charge in [0.15, 0.2) is 0 Å². The highest BCUT2D eigenvalue weighted by Gasteiger charge is 2.53. The fourth-order valence-corrected chi connectivity index (χ4v) is 6.97. The average Bonchev–Trinajstić information content (AvgIpc) is 3.30. The summed E-state index contributed by atoms with van der Waals surface area (Å²) < 4.78 is 29.7. The van der Waals surface area contributed by atoms with Crippen molar-refractivity contribution >= 4 is 16.8 Å². The molecule has 1 aromatic heterocycles. The van der Waals surface area contributed by atoms with E-state index in [1.54, 1.807) is 4.90 Å². The molecule has 6 heteroatoms. The third-order valence-electron chi connectivity index (χ3n) is 9.14. The van der Waals surface area contributed by atoms with Crippen molar-refractivity contribution in [3.63, 3.8) is 0 Å². The van der Waals surface area contributed by atoms with Crippen molar-refractivity contribution in [2.24, 2.45) is 0 Å². The number of amides is 1. The maximum absolute atomic E-state index is 14.8. The van der Waals surface area contributed by atoms with E-state index in [9.17, 15) is 13.6 Å². The predicted molar refractivity (Wildman–Crippen MR) is 146 cm³/mol. The number of nitrogens with one attached hydrogen (secondary N) is 1. The molecule has 0 saturated heterocycles. The molecule has 0 atom stereocenters. The van der Waals surface area contributed by atoms with Crippen molar-refractivity contribution in [1.29, 1.82) is 0 Å². The molecule has 0 unspecified atom stereocenters. The second kappa shape index (κ2) is 9.35. The summed E-state index contributed by atoms with van der Waals surface area (Å²) >= 11 is 0. The van der Waals surface area contributed by atoms with Gasteiger partial charge in [0.1, 0.15) is 17.2 Å². The summed E-state index contributed by atoms with van der Waals surface area (Å²) in [4.78, 5) is 21.7. The van der Waals surface area contributed by atoms with Gasteiger partial charge in [0.25, 0.3) is 5.91 Å². The van der Waals surface area contributed by atoms with Crippen molar-refractivity contribution in [2.75, 3.05) is 20.6 Å². The molecule has 6 rings (SSSR count). The maximum atomic E-state index is 14.8. The van der Waals surface area contributed by atoms with E-state index in [1.807, 2.05) is 18.2 Å². The van der Waals surface area contributed by atoms with Crippen LogP contribution < -0.4 is 0 Å². The molecule has 2 aliphatic rings. The van der Waals surface area contributed by atoms with Crippen LogP contribution >= 0.6 is 0 Å². The van der Waals surface area contributed by atoms with Crippen molar-refractivity contribution < 1.29 is 13.6 Å². The van der Waals surface area contributed by atoms with Crippen LogP contribution in [0.1, 0.15) is 52.9 Å². The Morgan fingerprint density at radius 1 is 0.895 bits per heavy atom. The third-order valence-corrected chi connectivity index (χ3v) is 9.14. The maximum Gasteiger partial charge on any atom is 0.260 e. The Labute approximate surface area is 222 Å². The van der Waals surface area contributed by atoms with Crippen LogP contribution in [0, 0.1) is 11.6 Å². The summed E-state index contributed by atoms with van der Waals surface area (Å²) in [5.74, 6) is -2.18. The summed E-state index contributed by atoms with van der Waals surface area (Å²) in [5, 5.41) is 1.17. The molecule has 0 radical (unpaired) electrons. The number of nitrogens with zero attached hydrogens (tertiary/aromatic N) is 2. The molecular weight excluding hydrogens is 480 g/mol. The Morgan fingerprint density at radius 3 is 2.24 bits per heavy atom. The average molecular weight is 514 g/mol. The molecule has 2 heterocycles. The molecule has 4 aromatic rings. The van der Waals surface area contributed by atoms with E-state index < -0.39 is 28.6 Å². The van der Waals surface area contributed by atoms with Crippen LogP contribution in [-0.2, 0) is 18.4 Å². The molecule has 1 aliphatic carbocycles. The Kier molecular flexibility index (Phi) is 6.10. The van der Waals surface area contributed by atoms with E-state index in [1.165, 1.54) is 34.7 Å². The van der Waals surface area contributed by atoms with E-state index in [0.717, 1.165) is 30.5 Å². The van der Waals surface area contributed by atoms with Crippen molar-refractivity contribution in [3.05, 3.63) is 107 Å². The Hall–Kier alpha value is -3.51. The van der Waals surface area contributed by atoms with Crippen molar-refractivity contribution in [1.82, 2.24) is 14.8 Å². The summed E-state index contributed by atoms with van der Waals surface area (Å²) in [6.45, 7) is 0.426. The Balaban J connectivity index is 1.44. The van der Waals surface area contributed by atoms with Gasteiger partial charge in [-0.2, -0.15) is 0 Å². The number of fused-ring (bicyclic) bond motifs is 4. The van der Waals surface area contributed by atoms with Crippen LogP contribution in [0.3, 0.4) is 0 Å². The number of para-hydroxylation sites is 1. The SMILES string of the molecule is CN(C)C1(Cc2ccccc2)CCC2(CC1)c1[nH]c3ccccc3c1CCN2C(=O)c1c(F)cccc1F. The molecule has 38 heavy (non-hydrogen) atoms. The monoisotopic (exact) mass is 513 g/mol. The number of carbonyl (C=O) groups excluding carboxylic acids is 1. The first-order chi connectivity index (χ1) is 18.3. The Bertz CT molecular complexity index is 1470. The Morgan fingerprint density at radius 2 is 1.55 bits per heavy atom. The molecule has 1 fully saturated rings. The van der Waals surface area contributed by atoms with Crippen LogP contribution in [0.25, 0.3) is 10.9 Å². The second-order valence-electron chi connectivity index (χ2n) is 11.1. The molecule has 1 amide bonds. The van der Waals surface area contributed by atoms with Gasteiger partial charge in [-0.15, -0.1) is 0 Å². The van der Waals surface area contributed by atoms with Gasteiger partial charge in [-0.1, -0.05) is 54.6 Å². The summed E-state index contributed by atoms with van der Waals surface area (Å²) in [6.07, 6.45) is 4.68. The van der Waals surface area contributed by atoms with Gasteiger partial charge < -0.3 is 14.8 Å². The minimum atomic E-state index is -0.810. The minimum Gasteiger partial charge on any atom is -0.356 e. The number of H-pyrrole nitrogens is 1. The number of benzene rings is 3. The van der Waals surface area contributed by atoms with E-state index in [-0.39, 0.29) is 5.54 Å². The van der Waals surface area contributed by atoms with E-state index in [4.69, 9.17) is 0 Å². The number of hydrogen-bond donors (Lipinski definition) is 1. The first-order valence-electron chi connectivity index (χ1n) is 13.4. The number of likely N-dealkylation sites (N-methyl/N-ethyl adjacent to an activating group) is 1. The summed E-state index contributed by atoms with van der Waals surface area (Å²) in [6, 6.07) is 22.4. The van der Waals surface area contributed by atoms with Gasteiger partial charge >= 0.3 is 0 Å². The quantitative estimate of drug-likeness (QED) is 0.340. The summed E-state index contributed by atoms with van der Waals surface area (Å²) in [7, 11) is 4.27. The standard InChI is InChI=1S/C32H33F2N3O/c1-36(2)31(21-22-9-4-3-5-10-22)16-18-32(19-17-31)29-24(23-11-6-7-14-27(23)35-29)15-20-37(32)30(38)28-25(33)12-8-13-26(28)34/h3-14,35H,15-21H2,1-2H3. The zero-order valence-electron chi connectivity index (χ0n) is 21.9. The van der Waals surface area contributed by atoms with Gasteiger partial charge in [-0.3, -0.25) is 4.79 Å². The third kappa shape index (κ3) is 3.85. The largest absolute Gasteiger partial charge is 0.356 e. The van der Waals surface area contributed by atoms with Crippen molar-refractivity contribution in [3.8, 4) is 0 Å². The zero-order chi connectivity index (χ0) is 26.5. The summed E-state index contributed by atoms with van der Waals surface area (Å²) in [5.41, 5.74) is 3.38. The lowest BCUT2D eigenvalue weighted by molar-refractivity contribution is -0.0127. The molecular formula is C32H33F2N3O. The van der Waals surface area contributed by atoms with Crippen LogP contribution in [0.4, 0.5) is 8.78 Å². The number of carbonyl (C=O) groups is 1. The molecule has 1 aliphatic heterocycles. The smallest absolute Gasteiger partial charge is 0.260 e. The van der Waals surface area contributed by atoms with Crippen LogP contribution in [0.5, 0.6) is 0 Å². The second-order valence-corrected chi connectivity index (χ2v) is 11.1. The van der Waals surface area contributed by atoms with Gasteiger partial charge in [-0.25, -0.2) is 8.78 Å². The minimum absolute atomic E-state index is 0.0752. The number of hydrogen-bond acceptors (Lipinski definition) is 2. The van der Waals surface area contributed by atoms with Crippen LogP contribution in [0.15, 0.2) is 72.8 Å². The highest BCUT2D eigenvalue weighted by molar-refractivity contribution is 5.96. The van der Waals surface area contributed by atoms with Gasteiger partial charge in [0.05, 0.1) is 5.54 Å². The lowest BCUT2D eigenvalue weighted by Crippen LogP contribution is -2.60. The van der Waals surface area contributed by atoms with Crippen LogP contribution in [-0.4, -0.2) is 46.9 Å². The normalized spacial score (nSPS) is 23.2. The molecule has 4 nitrogen and oxygen atoms in total. The molecule has 196 valence electrons. The highest BCUT2D eigenvalue weighted by Crippen LogP contribution is 2.52. The predicted octanol–water partition coefficient (Wildman–Crippen LogP) is 6.46. The fraction of sp³-hybridized carbons (Fsp3) is 0.344.